The summed E-state index contributed by atoms with van der Waals surface area (Å²) in [7, 11) is 0. The summed E-state index contributed by atoms with van der Waals surface area (Å²) in [5.74, 6) is -5.16. The van der Waals surface area contributed by atoms with E-state index in [4.69, 9.17) is 22.9 Å². The highest BCUT2D eigenvalue weighted by atomic mass is 16.2. The van der Waals surface area contributed by atoms with Crippen molar-refractivity contribution in [1.29, 1.82) is 0 Å². The number of hydrogen-bond acceptors (Lipinski definition) is 6. The van der Waals surface area contributed by atoms with Gasteiger partial charge in [-0.1, -0.05) is 24.3 Å². The van der Waals surface area contributed by atoms with E-state index >= 15 is 0 Å². The lowest BCUT2D eigenvalue weighted by Crippen LogP contribution is -2.70. The molecule has 8 heteroatoms. The molecule has 0 aromatic heterocycles. The van der Waals surface area contributed by atoms with E-state index in [1.165, 1.54) is 12.1 Å². The highest BCUT2D eigenvalue weighted by Gasteiger charge is 2.61. The highest BCUT2D eigenvalue weighted by molar-refractivity contribution is 6.52. The summed E-state index contributed by atoms with van der Waals surface area (Å²) in [6, 6.07) is 9.73. The second kappa shape index (κ2) is 4.70. The fraction of sp³-hybridized carbons (Fsp3) is 0.125. The minimum absolute atomic E-state index is 0.0976. The maximum Gasteiger partial charge on any atom is 0.250 e. The van der Waals surface area contributed by atoms with Gasteiger partial charge in [0.25, 0.3) is 0 Å². The molecule has 0 aliphatic heterocycles. The first-order chi connectivity index (χ1) is 11.1. The zero-order valence-electron chi connectivity index (χ0n) is 12.4. The molecule has 8 nitrogen and oxygen atoms in total. The van der Waals surface area contributed by atoms with Crippen LogP contribution in [0.2, 0.25) is 0 Å². The molecule has 1 aliphatic carbocycles. The Morgan fingerprint density at radius 1 is 0.750 bits per heavy atom. The first-order valence-electron chi connectivity index (χ1n) is 6.95. The van der Waals surface area contributed by atoms with Crippen molar-refractivity contribution in [1.82, 2.24) is 0 Å². The van der Waals surface area contributed by atoms with E-state index in [0.717, 1.165) is 0 Å². The smallest absolute Gasteiger partial charge is 0.250 e. The van der Waals surface area contributed by atoms with Crippen molar-refractivity contribution in [2.45, 2.75) is 11.1 Å². The van der Waals surface area contributed by atoms with Gasteiger partial charge in [0.05, 0.1) is 0 Å². The fourth-order valence-electron chi connectivity index (χ4n) is 2.98. The van der Waals surface area contributed by atoms with Crippen molar-refractivity contribution < 1.29 is 19.2 Å². The van der Waals surface area contributed by atoms with Crippen molar-refractivity contribution >= 4 is 34.2 Å². The van der Waals surface area contributed by atoms with Crippen LogP contribution in [-0.4, -0.2) is 23.4 Å². The van der Waals surface area contributed by atoms with Gasteiger partial charge in [-0.15, -0.1) is 0 Å². The van der Waals surface area contributed by atoms with Crippen LogP contribution >= 0.6 is 0 Å². The van der Waals surface area contributed by atoms with E-state index in [1.807, 2.05) is 0 Å². The third-order valence-corrected chi connectivity index (χ3v) is 4.44. The fourth-order valence-corrected chi connectivity index (χ4v) is 2.98. The van der Waals surface area contributed by atoms with Gasteiger partial charge in [0, 0.05) is 0 Å². The molecule has 24 heavy (non-hydrogen) atoms. The number of benzene rings is 2. The molecule has 0 saturated carbocycles. The lowest BCUT2D eigenvalue weighted by atomic mass is 9.66. The molecule has 2 unspecified atom stereocenters. The zero-order chi connectivity index (χ0) is 17.9. The molecular formula is C16H14N4O4. The van der Waals surface area contributed by atoms with Crippen LogP contribution in [0.5, 0.6) is 0 Å². The van der Waals surface area contributed by atoms with E-state index in [2.05, 4.69) is 0 Å². The largest absolute Gasteiger partial charge is 0.367 e. The quantitative estimate of drug-likeness (QED) is 0.377. The number of rotatable bonds is 2. The summed E-state index contributed by atoms with van der Waals surface area (Å²) >= 11 is 0. The van der Waals surface area contributed by atoms with Gasteiger partial charge in [-0.25, -0.2) is 0 Å². The summed E-state index contributed by atoms with van der Waals surface area (Å²) in [6.45, 7) is 0. The molecular weight excluding hydrogens is 312 g/mol. The molecule has 0 heterocycles. The van der Waals surface area contributed by atoms with Crippen LogP contribution in [0, 0.1) is 0 Å². The summed E-state index contributed by atoms with van der Waals surface area (Å²) < 4.78 is 0. The molecule has 2 aromatic carbocycles. The molecule has 2 amide bonds. The van der Waals surface area contributed by atoms with Gasteiger partial charge in [-0.05, 0) is 34.0 Å². The molecule has 2 atom stereocenters. The van der Waals surface area contributed by atoms with Crippen molar-refractivity contribution in [3.8, 4) is 0 Å². The Balaban J connectivity index is 2.52. The van der Waals surface area contributed by atoms with Crippen molar-refractivity contribution in [3.05, 3.63) is 47.5 Å². The van der Waals surface area contributed by atoms with E-state index in [9.17, 15) is 19.2 Å². The monoisotopic (exact) mass is 326 g/mol. The molecule has 0 fully saturated rings. The lowest BCUT2D eigenvalue weighted by molar-refractivity contribution is -0.150. The number of primary amides is 2. The number of hydrogen-bond donors (Lipinski definition) is 4. The minimum Gasteiger partial charge on any atom is -0.367 e. The Kier molecular flexibility index (Phi) is 3.09. The second-order valence-electron chi connectivity index (χ2n) is 5.75. The van der Waals surface area contributed by atoms with Crippen LogP contribution in [0.25, 0.3) is 10.8 Å². The summed E-state index contributed by atoms with van der Waals surface area (Å²) in [4.78, 5) is 48.6. The predicted octanol–water partition coefficient (Wildman–Crippen LogP) is -1.73. The van der Waals surface area contributed by atoms with E-state index < -0.39 is 34.5 Å². The van der Waals surface area contributed by atoms with Crippen LogP contribution < -0.4 is 22.9 Å². The molecule has 122 valence electrons. The standard InChI is InChI=1S/C16H14N4O4/c17-13(23)15(19)9-5-7-3-1-2-4-8(7)6-10(9)16(20,14(18)24)12(22)11(15)21/h1-6H,19-20H2,(H2,17,23)(H2,18,24). The lowest BCUT2D eigenvalue weighted by Gasteiger charge is -2.38. The van der Waals surface area contributed by atoms with Gasteiger partial charge in [0.2, 0.25) is 23.4 Å². The third kappa shape index (κ3) is 1.69. The predicted molar refractivity (Wildman–Crippen MR) is 84.1 cm³/mol. The average molecular weight is 326 g/mol. The average Bonchev–Trinajstić information content (AvgIpc) is 2.56. The van der Waals surface area contributed by atoms with Crippen LogP contribution in [0.3, 0.4) is 0 Å². The van der Waals surface area contributed by atoms with Crippen molar-refractivity contribution in [3.63, 3.8) is 0 Å². The maximum absolute atomic E-state index is 12.4. The maximum atomic E-state index is 12.4. The van der Waals surface area contributed by atoms with Gasteiger partial charge in [0.15, 0.2) is 11.1 Å². The van der Waals surface area contributed by atoms with Gasteiger partial charge >= 0.3 is 0 Å². The molecule has 1 aliphatic rings. The SMILES string of the molecule is NC(=O)C1(N)C(=O)C(=O)C(N)(C(N)=O)c2cc3ccccc3cc21. The normalized spacial score (nSPS) is 26.2. The van der Waals surface area contributed by atoms with Gasteiger partial charge in [-0.3, -0.25) is 19.2 Å². The summed E-state index contributed by atoms with van der Waals surface area (Å²) in [5, 5.41) is 1.25. The number of carbonyl (C=O) groups excluding carboxylic acids is 4. The first kappa shape index (κ1) is 15.8. The Hall–Kier alpha value is -3.10. The summed E-state index contributed by atoms with van der Waals surface area (Å²) in [5.41, 5.74) is 17.4. The topological polar surface area (TPSA) is 172 Å². The molecule has 0 radical (unpaired) electrons. The van der Waals surface area contributed by atoms with Crippen LogP contribution in [0.1, 0.15) is 11.1 Å². The molecule has 0 saturated heterocycles. The molecule has 0 spiro atoms. The molecule has 8 N–H and O–H groups in total. The Bertz CT molecular complexity index is 878. The highest BCUT2D eigenvalue weighted by Crippen LogP contribution is 2.39. The number of fused-ring (bicyclic) bond motifs is 2. The molecule has 2 aromatic rings. The van der Waals surface area contributed by atoms with Crippen molar-refractivity contribution in [2.75, 3.05) is 0 Å². The van der Waals surface area contributed by atoms with Gasteiger partial charge < -0.3 is 22.9 Å². The summed E-state index contributed by atoms with van der Waals surface area (Å²) in [6.07, 6.45) is 0. The first-order valence-corrected chi connectivity index (χ1v) is 6.95. The Morgan fingerprint density at radius 3 is 1.38 bits per heavy atom. The Labute approximate surface area is 135 Å². The number of amides is 2. The molecule has 0 bridgehead atoms. The second-order valence-corrected chi connectivity index (χ2v) is 5.75. The molecule has 3 rings (SSSR count). The minimum atomic E-state index is -2.41. The number of Topliss-reactive ketones (excluding diaryl/α,β-unsaturated/α-hetero) is 2. The Morgan fingerprint density at radius 2 is 1.08 bits per heavy atom. The third-order valence-electron chi connectivity index (χ3n) is 4.44. The van der Waals surface area contributed by atoms with Crippen LogP contribution in [0.15, 0.2) is 36.4 Å². The van der Waals surface area contributed by atoms with Gasteiger partial charge in [-0.2, -0.15) is 0 Å². The van der Waals surface area contributed by atoms with E-state index in [-0.39, 0.29) is 11.1 Å². The van der Waals surface area contributed by atoms with Crippen LogP contribution in [-0.2, 0) is 30.3 Å². The van der Waals surface area contributed by atoms with Crippen LogP contribution in [0.4, 0.5) is 0 Å². The van der Waals surface area contributed by atoms with Crippen molar-refractivity contribution in [2.24, 2.45) is 22.9 Å². The number of carbonyl (C=O) groups is 4. The van der Waals surface area contributed by atoms with Gasteiger partial charge in [0.1, 0.15) is 0 Å². The van der Waals surface area contributed by atoms with E-state index in [0.29, 0.717) is 10.8 Å². The number of nitrogens with two attached hydrogens (primary N) is 4. The zero-order valence-corrected chi connectivity index (χ0v) is 12.4. The van der Waals surface area contributed by atoms with E-state index in [1.54, 1.807) is 24.3 Å². The number of ketones is 2.